The number of amides is 1. The number of nitrogens with one attached hydrogen (secondary N) is 1. The molecule has 0 aliphatic carbocycles. The van der Waals surface area contributed by atoms with Gasteiger partial charge in [0.15, 0.2) is 17.3 Å². The third-order valence-corrected chi connectivity index (χ3v) is 5.67. The molecule has 0 radical (unpaired) electrons. The Morgan fingerprint density at radius 1 is 1.26 bits per heavy atom. The van der Waals surface area contributed by atoms with Gasteiger partial charge in [0.1, 0.15) is 12.1 Å². The third kappa shape index (κ3) is 4.95. The van der Waals surface area contributed by atoms with Gasteiger partial charge in [-0.25, -0.2) is 18.7 Å². The van der Waals surface area contributed by atoms with Crippen molar-refractivity contribution in [3.8, 4) is 0 Å². The van der Waals surface area contributed by atoms with E-state index < -0.39 is 23.2 Å². The average Bonchev–Trinajstić information content (AvgIpc) is 3.30. The van der Waals surface area contributed by atoms with Crippen molar-refractivity contribution >= 4 is 17.5 Å². The fraction of sp³-hybridized carbons (Fsp3) is 0.409. The van der Waals surface area contributed by atoms with Crippen molar-refractivity contribution in [1.29, 1.82) is 0 Å². The number of hydrogen-bond donors (Lipinski definition) is 2. The summed E-state index contributed by atoms with van der Waals surface area (Å²) in [6, 6.07) is 3.83. The summed E-state index contributed by atoms with van der Waals surface area (Å²) >= 11 is 0. The first-order valence-corrected chi connectivity index (χ1v) is 10.7. The van der Waals surface area contributed by atoms with Crippen LogP contribution in [0.4, 0.5) is 24.8 Å². The topological polar surface area (TPSA) is 123 Å². The fourth-order valence-electron chi connectivity index (χ4n) is 3.71. The van der Waals surface area contributed by atoms with Crippen molar-refractivity contribution in [2.45, 2.75) is 44.8 Å². The highest BCUT2D eigenvalue weighted by Crippen LogP contribution is 2.32. The lowest BCUT2D eigenvalue weighted by Gasteiger charge is -2.31. The first-order valence-electron chi connectivity index (χ1n) is 10.7. The summed E-state index contributed by atoms with van der Waals surface area (Å²) < 4.78 is 48.6. The van der Waals surface area contributed by atoms with E-state index in [1.54, 1.807) is 4.90 Å². The van der Waals surface area contributed by atoms with Crippen molar-refractivity contribution in [1.82, 2.24) is 20.1 Å². The second kappa shape index (κ2) is 9.27. The number of benzene rings is 1. The summed E-state index contributed by atoms with van der Waals surface area (Å²) in [6.45, 7) is 3.61. The minimum absolute atomic E-state index is 0.00296. The van der Waals surface area contributed by atoms with Crippen LogP contribution in [0.3, 0.4) is 0 Å². The van der Waals surface area contributed by atoms with E-state index >= 15 is 4.39 Å². The first kappa shape index (κ1) is 23.5. The van der Waals surface area contributed by atoms with Crippen molar-refractivity contribution in [3.63, 3.8) is 0 Å². The summed E-state index contributed by atoms with van der Waals surface area (Å²) in [6.07, 6.45) is 2.42. The highest BCUT2D eigenvalue weighted by molar-refractivity contribution is 5.92. The minimum Gasteiger partial charge on any atom is -0.366 e. The van der Waals surface area contributed by atoms with Crippen LogP contribution in [0.25, 0.3) is 0 Å². The van der Waals surface area contributed by atoms with Crippen LogP contribution in [0.2, 0.25) is 0 Å². The van der Waals surface area contributed by atoms with Gasteiger partial charge in [0.05, 0.1) is 0 Å². The number of carbonyl (C=O) groups is 1. The highest BCUT2D eigenvalue weighted by Gasteiger charge is 2.31. The monoisotopic (exact) mass is 475 g/mol. The van der Waals surface area contributed by atoms with Gasteiger partial charge in [-0.05, 0) is 38.8 Å². The molecular formula is C22H24F3N7O2. The quantitative estimate of drug-likeness (QED) is 0.533. The average molecular weight is 475 g/mol. The summed E-state index contributed by atoms with van der Waals surface area (Å²) in [5, 5.41) is 6.49. The number of halogens is 3. The Morgan fingerprint density at radius 2 is 2.00 bits per heavy atom. The Kier molecular flexibility index (Phi) is 6.40. The van der Waals surface area contributed by atoms with Crippen LogP contribution in [0.5, 0.6) is 0 Å². The Morgan fingerprint density at radius 3 is 2.62 bits per heavy atom. The van der Waals surface area contributed by atoms with Crippen LogP contribution in [0.15, 0.2) is 29.0 Å². The molecule has 0 atom stereocenters. The van der Waals surface area contributed by atoms with Crippen LogP contribution in [0.1, 0.15) is 60.2 Å². The normalized spacial score (nSPS) is 14.9. The lowest BCUT2D eigenvalue weighted by atomic mass is 9.96. The summed E-state index contributed by atoms with van der Waals surface area (Å²) in [5.41, 5.74) is 3.72. The summed E-state index contributed by atoms with van der Waals surface area (Å²) in [5.74, 6) is -1.67. The second-order valence-electron chi connectivity index (χ2n) is 8.57. The van der Waals surface area contributed by atoms with Gasteiger partial charge in [0.2, 0.25) is 23.4 Å². The number of rotatable bonds is 7. The van der Waals surface area contributed by atoms with Gasteiger partial charge < -0.3 is 20.5 Å². The molecule has 0 bridgehead atoms. The zero-order valence-electron chi connectivity index (χ0n) is 18.7. The maximum Gasteiger partial charge on any atom is 0.248 e. The smallest absolute Gasteiger partial charge is 0.248 e. The molecule has 1 fully saturated rings. The lowest BCUT2D eigenvalue weighted by molar-refractivity contribution is 0.1000. The second-order valence-corrected chi connectivity index (χ2v) is 8.57. The van der Waals surface area contributed by atoms with Gasteiger partial charge in [0, 0.05) is 36.7 Å². The molecule has 1 saturated heterocycles. The van der Waals surface area contributed by atoms with Crippen LogP contribution >= 0.6 is 0 Å². The van der Waals surface area contributed by atoms with E-state index in [1.165, 1.54) is 32.3 Å². The Bertz CT molecular complexity index is 1190. The van der Waals surface area contributed by atoms with Crippen molar-refractivity contribution in [3.05, 3.63) is 59.0 Å². The lowest BCUT2D eigenvalue weighted by Crippen LogP contribution is -2.34. The highest BCUT2D eigenvalue weighted by atomic mass is 19.1. The summed E-state index contributed by atoms with van der Waals surface area (Å²) in [7, 11) is 0. The molecule has 1 aliphatic heterocycles. The molecule has 3 heterocycles. The number of aromatic nitrogens is 4. The predicted octanol–water partition coefficient (Wildman–Crippen LogP) is 3.44. The number of primary amides is 1. The first-order chi connectivity index (χ1) is 16.1. The molecule has 0 spiro atoms. The molecule has 1 aliphatic rings. The maximum atomic E-state index is 15.1. The molecule has 12 heteroatoms. The number of hydrogen-bond acceptors (Lipinski definition) is 8. The van der Waals surface area contributed by atoms with E-state index in [4.69, 9.17) is 10.3 Å². The predicted molar refractivity (Wildman–Crippen MR) is 117 cm³/mol. The SMILES string of the molecule is CC(C)(F)c1noc(C2CCN(c3ncnc(NCc4ccc(C(N)=O)cc4F)c3F)CC2)n1. The molecule has 4 rings (SSSR count). The van der Waals surface area contributed by atoms with Gasteiger partial charge in [-0.1, -0.05) is 11.2 Å². The molecule has 34 heavy (non-hydrogen) atoms. The van der Waals surface area contributed by atoms with Crippen LogP contribution < -0.4 is 16.0 Å². The number of alkyl halides is 1. The number of carbonyl (C=O) groups excluding carboxylic acids is 1. The number of anilines is 2. The van der Waals surface area contributed by atoms with Gasteiger partial charge in [-0.2, -0.15) is 9.37 Å². The molecule has 0 saturated carbocycles. The van der Waals surface area contributed by atoms with Gasteiger partial charge in [-0.3, -0.25) is 4.79 Å². The molecule has 1 aromatic carbocycles. The van der Waals surface area contributed by atoms with Gasteiger partial charge >= 0.3 is 0 Å². The Balaban J connectivity index is 1.41. The van der Waals surface area contributed by atoms with Crippen LogP contribution in [-0.4, -0.2) is 39.1 Å². The van der Waals surface area contributed by atoms with Gasteiger partial charge in [-0.15, -0.1) is 0 Å². The zero-order chi connectivity index (χ0) is 24.5. The fourth-order valence-corrected chi connectivity index (χ4v) is 3.71. The van der Waals surface area contributed by atoms with Crippen LogP contribution in [0, 0.1) is 11.6 Å². The van der Waals surface area contributed by atoms with Crippen molar-refractivity contribution < 1.29 is 22.5 Å². The molecule has 9 nitrogen and oxygen atoms in total. The molecule has 2 aromatic heterocycles. The minimum atomic E-state index is -1.69. The standard InChI is InChI=1S/C22H24F3N7O2/c1-22(2,25)21-30-20(34-31-21)12-5-7-32(8-6-12)19-16(24)18(28-11-29-19)27-10-14-4-3-13(17(26)33)9-15(14)23/h3-4,9,11-12H,5-8,10H2,1-2H3,(H2,26,33)(H,27,28,29). The van der Waals surface area contributed by atoms with Crippen molar-refractivity contribution in [2.24, 2.45) is 5.73 Å². The maximum absolute atomic E-state index is 15.1. The Hall–Kier alpha value is -3.70. The Labute approximate surface area is 193 Å². The molecule has 3 N–H and O–H groups in total. The number of nitrogens with zero attached hydrogens (tertiary/aromatic N) is 5. The third-order valence-electron chi connectivity index (χ3n) is 5.67. The van der Waals surface area contributed by atoms with E-state index in [-0.39, 0.29) is 41.0 Å². The number of piperidine rings is 1. The van der Waals surface area contributed by atoms with E-state index in [0.717, 1.165) is 6.07 Å². The molecule has 180 valence electrons. The molecule has 1 amide bonds. The molecular weight excluding hydrogens is 451 g/mol. The van der Waals surface area contributed by atoms with E-state index in [1.807, 2.05) is 0 Å². The van der Waals surface area contributed by atoms with Gasteiger partial charge in [0.25, 0.3) is 0 Å². The zero-order valence-corrected chi connectivity index (χ0v) is 18.7. The van der Waals surface area contributed by atoms with E-state index in [2.05, 4.69) is 25.4 Å². The van der Waals surface area contributed by atoms with E-state index in [9.17, 15) is 13.6 Å². The summed E-state index contributed by atoms with van der Waals surface area (Å²) in [4.78, 5) is 25.1. The number of nitrogens with two attached hydrogens (primary N) is 1. The van der Waals surface area contributed by atoms with E-state index in [0.29, 0.717) is 31.8 Å². The molecule has 3 aromatic rings. The van der Waals surface area contributed by atoms with Crippen molar-refractivity contribution in [2.75, 3.05) is 23.3 Å². The largest absolute Gasteiger partial charge is 0.366 e. The molecule has 0 unspecified atom stereocenters. The van der Waals surface area contributed by atoms with Crippen LogP contribution in [-0.2, 0) is 12.2 Å².